The SMILES string of the molecule is CC(C)(C)c1cc(-c2nc3c(-c4nc(-c5cccc(N(c6ccccc6)c6ccccc6)c5)cc5c4oc4ccccc45)cccc3s2)c(O)c(C(C)(C)C)c1. The monoisotopic (exact) mass is 749 g/mol. The highest BCUT2D eigenvalue weighted by Gasteiger charge is 2.27. The number of benzene rings is 6. The molecule has 0 bridgehead atoms. The molecule has 3 heterocycles. The molecule has 0 saturated heterocycles. The van der Waals surface area contributed by atoms with Crippen LogP contribution < -0.4 is 4.90 Å². The number of fused-ring (bicyclic) bond motifs is 4. The number of furan rings is 1. The van der Waals surface area contributed by atoms with E-state index in [9.17, 15) is 5.11 Å². The molecule has 0 aliphatic rings. The van der Waals surface area contributed by atoms with Gasteiger partial charge in [-0.05, 0) is 77.1 Å². The van der Waals surface area contributed by atoms with Crippen molar-refractivity contribution >= 4 is 60.6 Å². The predicted molar refractivity (Wildman–Crippen MR) is 235 cm³/mol. The number of phenols is 1. The summed E-state index contributed by atoms with van der Waals surface area (Å²) in [5.41, 5.74) is 11.4. The van der Waals surface area contributed by atoms with Gasteiger partial charge in [0, 0.05) is 44.5 Å². The first-order valence-corrected chi connectivity index (χ1v) is 19.9. The largest absolute Gasteiger partial charge is 0.507 e. The zero-order valence-corrected chi connectivity index (χ0v) is 33.3. The van der Waals surface area contributed by atoms with E-state index in [4.69, 9.17) is 14.4 Å². The van der Waals surface area contributed by atoms with Gasteiger partial charge in [0.25, 0.3) is 0 Å². The van der Waals surface area contributed by atoms with Crippen molar-refractivity contribution in [2.24, 2.45) is 0 Å². The normalized spacial score (nSPS) is 12.2. The molecule has 1 N–H and O–H groups in total. The number of para-hydroxylation sites is 4. The molecule has 56 heavy (non-hydrogen) atoms. The van der Waals surface area contributed by atoms with Crippen LogP contribution in [0.5, 0.6) is 5.75 Å². The standard InChI is InChI=1S/C50H43N3O2S/c1-49(2,3)32-28-39(46(54)40(29-32)50(4,5)6)48-52-44-37(24-16-26-43(44)56-48)45-47-38(36-23-13-14-25-42(36)55-47)30-41(51-45)31-17-15-22-35(27-31)53(33-18-9-7-10-19-33)34-20-11-8-12-21-34/h7-30,54H,1-6H3. The molecule has 0 radical (unpaired) electrons. The molecule has 9 aromatic rings. The van der Waals surface area contributed by atoms with E-state index in [2.05, 4.69) is 162 Å². The quantitative estimate of drug-likeness (QED) is 0.183. The molecule has 0 spiro atoms. The minimum atomic E-state index is -0.254. The molecule has 9 rings (SSSR count). The number of aromatic nitrogens is 2. The van der Waals surface area contributed by atoms with Crippen LogP contribution in [0.25, 0.3) is 65.2 Å². The molecule has 276 valence electrons. The Hall–Kier alpha value is -6.24. The van der Waals surface area contributed by atoms with Crippen molar-refractivity contribution in [3.05, 3.63) is 157 Å². The first-order valence-electron chi connectivity index (χ1n) is 19.1. The topological polar surface area (TPSA) is 62.4 Å². The Labute approximate surface area is 331 Å². The summed E-state index contributed by atoms with van der Waals surface area (Å²) in [7, 11) is 0. The van der Waals surface area contributed by atoms with Crippen LogP contribution in [0.3, 0.4) is 0 Å². The number of thiazole rings is 1. The number of nitrogens with zero attached hydrogens (tertiary/aromatic N) is 3. The van der Waals surface area contributed by atoms with Crippen molar-refractivity contribution in [1.29, 1.82) is 0 Å². The third kappa shape index (κ3) is 6.30. The third-order valence-corrected chi connectivity index (χ3v) is 11.5. The summed E-state index contributed by atoms with van der Waals surface area (Å²) in [5, 5.41) is 14.6. The van der Waals surface area contributed by atoms with Crippen molar-refractivity contribution in [2.75, 3.05) is 4.90 Å². The minimum absolute atomic E-state index is 0.113. The average Bonchev–Trinajstić information content (AvgIpc) is 3.80. The second-order valence-electron chi connectivity index (χ2n) is 16.5. The van der Waals surface area contributed by atoms with Gasteiger partial charge in [0.1, 0.15) is 22.0 Å². The van der Waals surface area contributed by atoms with E-state index in [0.29, 0.717) is 0 Å². The zero-order chi connectivity index (χ0) is 38.8. The lowest BCUT2D eigenvalue weighted by Gasteiger charge is -2.27. The Kier molecular flexibility index (Phi) is 8.55. The van der Waals surface area contributed by atoms with Gasteiger partial charge >= 0.3 is 0 Å². The summed E-state index contributed by atoms with van der Waals surface area (Å²) in [4.78, 5) is 13.0. The molecule has 0 atom stereocenters. The molecule has 5 nitrogen and oxygen atoms in total. The molecule has 0 aliphatic heterocycles. The van der Waals surface area contributed by atoms with Gasteiger partial charge < -0.3 is 14.4 Å². The maximum Gasteiger partial charge on any atom is 0.161 e. The summed E-state index contributed by atoms with van der Waals surface area (Å²) in [6.07, 6.45) is 0. The fraction of sp³-hybridized carbons (Fsp3) is 0.160. The first-order chi connectivity index (χ1) is 26.9. The molecule has 0 fully saturated rings. The lowest BCUT2D eigenvalue weighted by Crippen LogP contribution is -2.17. The van der Waals surface area contributed by atoms with E-state index in [1.165, 1.54) is 0 Å². The lowest BCUT2D eigenvalue weighted by atomic mass is 9.79. The average molecular weight is 750 g/mol. The van der Waals surface area contributed by atoms with Crippen LogP contribution >= 0.6 is 11.3 Å². The van der Waals surface area contributed by atoms with Crippen molar-refractivity contribution in [3.63, 3.8) is 0 Å². The van der Waals surface area contributed by atoms with Gasteiger partial charge in [0.2, 0.25) is 0 Å². The summed E-state index contributed by atoms with van der Waals surface area (Å²) < 4.78 is 7.65. The van der Waals surface area contributed by atoms with Crippen LogP contribution in [-0.4, -0.2) is 15.1 Å². The van der Waals surface area contributed by atoms with E-state index in [-0.39, 0.29) is 16.6 Å². The van der Waals surface area contributed by atoms with Crippen LogP contribution in [0.15, 0.2) is 150 Å². The maximum absolute atomic E-state index is 11.8. The van der Waals surface area contributed by atoms with Gasteiger partial charge in [0.15, 0.2) is 5.58 Å². The van der Waals surface area contributed by atoms with Gasteiger partial charge in [-0.25, -0.2) is 9.97 Å². The molecule has 3 aromatic heterocycles. The second-order valence-corrected chi connectivity index (χ2v) is 17.5. The molecule has 6 heteroatoms. The summed E-state index contributed by atoms with van der Waals surface area (Å²) in [6, 6.07) is 50.3. The van der Waals surface area contributed by atoms with Gasteiger partial charge in [-0.2, -0.15) is 0 Å². The Balaban J connectivity index is 1.25. The van der Waals surface area contributed by atoms with Crippen molar-refractivity contribution in [3.8, 4) is 38.8 Å². The minimum Gasteiger partial charge on any atom is -0.507 e. The summed E-state index contributed by atoms with van der Waals surface area (Å²) in [6.45, 7) is 13.0. The Morgan fingerprint density at radius 3 is 1.95 bits per heavy atom. The van der Waals surface area contributed by atoms with Gasteiger partial charge in [-0.1, -0.05) is 126 Å². The van der Waals surface area contributed by atoms with E-state index >= 15 is 0 Å². The van der Waals surface area contributed by atoms with Crippen molar-refractivity contribution in [1.82, 2.24) is 9.97 Å². The van der Waals surface area contributed by atoms with Crippen LogP contribution in [0.1, 0.15) is 52.7 Å². The van der Waals surface area contributed by atoms with Crippen molar-refractivity contribution < 1.29 is 9.52 Å². The van der Waals surface area contributed by atoms with Gasteiger partial charge in [-0.15, -0.1) is 11.3 Å². The number of hydrogen-bond donors (Lipinski definition) is 1. The number of phenolic OH excluding ortho intramolecular Hbond substituents is 1. The van der Waals surface area contributed by atoms with E-state index in [1.54, 1.807) is 11.3 Å². The van der Waals surface area contributed by atoms with Gasteiger partial charge in [0.05, 0.1) is 21.5 Å². The summed E-state index contributed by atoms with van der Waals surface area (Å²) in [5.74, 6) is 0.283. The highest BCUT2D eigenvalue weighted by molar-refractivity contribution is 7.21. The lowest BCUT2D eigenvalue weighted by molar-refractivity contribution is 0.446. The zero-order valence-electron chi connectivity index (χ0n) is 32.5. The predicted octanol–water partition coefficient (Wildman–Crippen LogP) is 14.4. The highest BCUT2D eigenvalue weighted by atomic mass is 32.1. The maximum atomic E-state index is 11.8. The number of aromatic hydroxyl groups is 1. The molecule has 0 aliphatic carbocycles. The molecule has 6 aromatic carbocycles. The molecule has 0 unspecified atom stereocenters. The van der Waals surface area contributed by atoms with Crippen LogP contribution in [0.4, 0.5) is 17.1 Å². The Morgan fingerprint density at radius 2 is 1.25 bits per heavy atom. The number of hydrogen-bond acceptors (Lipinski definition) is 6. The van der Waals surface area contributed by atoms with E-state index < -0.39 is 0 Å². The fourth-order valence-corrected chi connectivity index (χ4v) is 8.53. The summed E-state index contributed by atoms with van der Waals surface area (Å²) >= 11 is 1.59. The Morgan fingerprint density at radius 1 is 0.589 bits per heavy atom. The second kappa shape index (κ2) is 13.5. The Bertz CT molecular complexity index is 2860. The highest BCUT2D eigenvalue weighted by Crippen LogP contribution is 2.46. The molecule has 0 amide bonds. The number of pyridine rings is 1. The smallest absolute Gasteiger partial charge is 0.161 e. The van der Waals surface area contributed by atoms with Crippen LogP contribution in [0, 0.1) is 0 Å². The third-order valence-electron chi connectivity index (χ3n) is 10.5. The van der Waals surface area contributed by atoms with E-state index in [0.717, 1.165) is 93.4 Å². The van der Waals surface area contributed by atoms with Crippen LogP contribution in [-0.2, 0) is 10.8 Å². The molecular weight excluding hydrogens is 707 g/mol. The van der Waals surface area contributed by atoms with Crippen LogP contribution in [0.2, 0.25) is 0 Å². The first kappa shape index (κ1) is 35.5. The fourth-order valence-electron chi connectivity index (χ4n) is 7.52. The van der Waals surface area contributed by atoms with Gasteiger partial charge in [-0.3, -0.25) is 0 Å². The number of anilines is 3. The molecular formula is C50H43N3O2S. The molecule has 0 saturated carbocycles. The number of rotatable bonds is 6. The van der Waals surface area contributed by atoms with Crippen molar-refractivity contribution in [2.45, 2.75) is 52.4 Å². The van der Waals surface area contributed by atoms with E-state index in [1.807, 2.05) is 30.3 Å².